The zero-order chi connectivity index (χ0) is 9.97. The molecule has 5 heteroatoms. The molecule has 5 nitrogen and oxygen atoms in total. The summed E-state index contributed by atoms with van der Waals surface area (Å²) in [7, 11) is 0. The van der Waals surface area contributed by atoms with Gasteiger partial charge in [0, 0.05) is 18.3 Å². The molecule has 2 aromatic rings. The van der Waals surface area contributed by atoms with Crippen molar-refractivity contribution < 1.29 is 4.52 Å². The van der Waals surface area contributed by atoms with Crippen LogP contribution in [0.4, 0.5) is 0 Å². The first-order valence-corrected chi connectivity index (χ1v) is 4.53. The van der Waals surface area contributed by atoms with Gasteiger partial charge in [-0.2, -0.15) is 4.98 Å². The normalized spacial score (nSPS) is 11.1. The minimum absolute atomic E-state index is 0.400. The summed E-state index contributed by atoms with van der Waals surface area (Å²) in [4.78, 5) is 8.24. The fraction of sp³-hybridized carbons (Fsp3) is 0.444. The predicted octanol–water partition coefficient (Wildman–Crippen LogP) is 1.44. The molecular weight excluding hydrogens is 180 g/mol. The van der Waals surface area contributed by atoms with Gasteiger partial charge in [0.25, 0.3) is 0 Å². The van der Waals surface area contributed by atoms with E-state index in [2.05, 4.69) is 33.5 Å². The van der Waals surface area contributed by atoms with Gasteiger partial charge < -0.3 is 9.09 Å². The lowest BCUT2D eigenvalue weighted by atomic mass is 10.2. The van der Waals surface area contributed by atoms with Gasteiger partial charge in [-0.25, -0.2) is 4.98 Å². The fourth-order valence-corrected chi connectivity index (χ4v) is 1.37. The van der Waals surface area contributed by atoms with Crippen molar-refractivity contribution in [3.63, 3.8) is 0 Å². The van der Waals surface area contributed by atoms with E-state index in [1.54, 1.807) is 6.20 Å². The Labute approximate surface area is 81.8 Å². The summed E-state index contributed by atoms with van der Waals surface area (Å²) < 4.78 is 6.69. The molecule has 0 saturated carbocycles. The Morgan fingerprint density at radius 2 is 2.29 bits per heavy atom. The van der Waals surface area contributed by atoms with E-state index in [-0.39, 0.29) is 0 Å². The molecule has 0 N–H and O–H groups in total. The molecule has 2 heterocycles. The average Bonchev–Trinajstić information content (AvgIpc) is 2.75. The molecule has 0 atom stereocenters. The number of aromatic nitrogens is 4. The highest BCUT2D eigenvalue weighted by Gasteiger charge is 2.08. The van der Waals surface area contributed by atoms with Crippen molar-refractivity contribution in [3.05, 3.63) is 30.4 Å². The standard InChI is InChI=1S/C9H12N4O/c1-7(2)9-10-3-4-13(9)5-8-11-6-14-12-8/h3-4,6-7H,5H2,1-2H3. The van der Waals surface area contributed by atoms with Crippen LogP contribution in [-0.4, -0.2) is 19.7 Å². The maximum atomic E-state index is 4.67. The maximum absolute atomic E-state index is 4.67. The van der Waals surface area contributed by atoms with Crippen molar-refractivity contribution in [2.45, 2.75) is 26.3 Å². The zero-order valence-electron chi connectivity index (χ0n) is 8.21. The Morgan fingerprint density at radius 3 is 2.93 bits per heavy atom. The highest BCUT2D eigenvalue weighted by atomic mass is 16.5. The third-order valence-corrected chi connectivity index (χ3v) is 1.98. The van der Waals surface area contributed by atoms with E-state index in [0.29, 0.717) is 18.3 Å². The van der Waals surface area contributed by atoms with Gasteiger partial charge in [0.2, 0.25) is 6.39 Å². The number of imidazole rings is 1. The maximum Gasteiger partial charge on any atom is 0.213 e. The molecule has 0 aliphatic rings. The topological polar surface area (TPSA) is 56.7 Å². The van der Waals surface area contributed by atoms with Crippen LogP contribution in [0.1, 0.15) is 31.4 Å². The number of hydrogen-bond acceptors (Lipinski definition) is 4. The van der Waals surface area contributed by atoms with E-state index in [9.17, 15) is 0 Å². The second-order valence-corrected chi connectivity index (χ2v) is 3.42. The number of nitrogens with zero attached hydrogens (tertiary/aromatic N) is 4. The molecular formula is C9H12N4O. The second kappa shape index (κ2) is 3.61. The van der Waals surface area contributed by atoms with Crippen LogP contribution in [-0.2, 0) is 6.54 Å². The molecule has 0 amide bonds. The van der Waals surface area contributed by atoms with Gasteiger partial charge in [0.05, 0.1) is 6.54 Å². The average molecular weight is 192 g/mol. The van der Waals surface area contributed by atoms with Crippen molar-refractivity contribution in [1.82, 2.24) is 19.7 Å². The summed E-state index contributed by atoms with van der Waals surface area (Å²) in [5.41, 5.74) is 0. The second-order valence-electron chi connectivity index (χ2n) is 3.42. The molecule has 0 saturated heterocycles. The molecule has 0 spiro atoms. The van der Waals surface area contributed by atoms with Crippen molar-refractivity contribution >= 4 is 0 Å². The van der Waals surface area contributed by atoms with Gasteiger partial charge in [-0.1, -0.05) is 19.0 Å². The van der Waals surface area contributed by atoms with E-state index in [1.165, 1.54) is 6.39 Å². The molecule has 74 valence electrons. The Bertz CT molecular complexity index is 391. The van der Waals surface area contributed by atoms with Crippen molar-refractivity contribution in [2.24, 2.45) is 0 Å². The third-order valence-electron chi connectivity index (χ3n) is 1.98. The summed E-state index contributed by atoms with van der Waals surface area (Å²) >= 11 is 0. The zero-order valence-corrected chi connectivity index (χ0v) is 8.21. The molecule has 0 unspecified atom stereocenters. The Balaban J connectivity index is 2.21. The van der Waals surface area contributed by atoms with Crippen LogP contribution in [0.2, 0.25) is 0 Å². The van der Waals surface area contributed by atoms with E-state index >= 15 is 0 Å². The van der Waals surface area contributed by atoms with Crippen molar-refractivity contribution in [1.29, 1.82) is 0 Å². The largest absolute Gasteiger partial charge is 0.343 e. The van der Waals surface area contributed by atoms with Crippen LogP contribution in [0.5, 0.6) is 0 Å². The molecule has 14 heavy (non-hydrogen) atoms. The molecule has 0 fully saturated rings. The van der Waals surface area contributed by atoms with Crippen LogP contribution in [0, 0.1) is 0 Å². The monoisotopic (exact) mass is 192 g/mol. The number of rotatable bonds is 3. The van der Waals surface area contributed by atoms with Crippen LogP contribution in [0.15, 0.2) is 23.3 Å². The smallest absolute Gasteiger partial charge is 0.213 e. The molecule has 2 aromatic heterocycles. The van der Waals surface area contributed by atoms with Crippen LogP contribution >= 0.6 is 0 Å². The van der Waals surface area contributed by atoms with Crippen LogP contribution in [0.25, 0.3) is 0 Å². The molecule has 2 rings (SSSR count). The molecule has 0 aliphatic heterocycles. The fourth-order valence-electron chi connectivity index (χ4n) is 1.37. The Hall–Kier alpha value is -1.65. The molecule has 0 aromatic carbocycles. The van der Waals surface area contributed by atoms with Gasteiger partial charge in [-0.15, -0.1) is 0 Å². The quantitative estimate of drug-likeness (QED) is 0.738. The SMILES string of the molecule is CC(C)c1nccn1Cc1ncon1. The Kier molecular flexibility index (Phi) is 2.30. The molecule has 0 bridgehead atoms. The van der Waals surface area contributed by atoms with Gasteiger partial charge in [-0.05, 0) is 0 Å². The molecule has 0 aliphatic carbocycles. The first-order valence-electron chi connectivity index (χ1n) is 4.53. The minimum atomic E-state index is 0.400. The summed E-state index contributed by atoms with van der Waals surface area (Å²) in [6.45, 7) is 4.83. The van der Waals surface area contributed by atoms with E-state index < -0.39 is 0 Å². The van der Waals surface area contributed by atoms with Crippen LogP contribution in [0.3, 0.4) is 0 Å². The number of hydrogen-bond donors (Lipinski definition) is 0. The van der Waals surface area contributed by atoms with Gasteiger partial charge in [0.15, 0.2) is 5.82 Å². The summed E-state index contributed by atoms with van der Waals surface area (Å²) in [6, 6.07) is 0. The van der Waals surface area contributed by atoms with E-state index in [4.69, 9.17) is 0 Å². The summed E-state index contributed by atoms with van der Waals surface area (Å²) in [5.74, 6) is 2.11. The highest BCUT2D eigenvalue weighted by molar-refractivity contribution is 4.99. The van der Waals surface area contributed by atoms with Gasteiger partial charge in [-0.3, -0.25) is 0 Å². The van der Waals surface area contributed by atoms with Gasteiger partial charge in [0.1, 0.15) is 5.82 Å². The first-order chi connectivity index (χ1) is 6.77. The van der Waals surface area contributed by atoms with Gasteiger partial charge >= 0.3 is 0 Å². The summed E-state index contributed by atoms with van der Waals surface area (Å²) in [5, 5.41) is 3.76. The van der Waals surface area contributed by atoms with E-state index in [0.717, 1.165) is 5.82 Å². The van der Waals surface area contributed by atoms with Crippen molar-refractivity contribution in [3.8, 4) is 0 Å². The van der Waals surface area contributed by atoms with E-state index in [1.807, 2.05) is 10.8 Å². The summed E-state index contributed by atoms with van der Waals surface area (Å²) in [6.07, 6.45) is 5.04. The molecule has 0 radical (unpaired) electrons. The minimum Gasteiger partial charge on any atom is -0.343 e. The van der Waals surface area contributed by atoms with Crippen LogP contribution < -0.4 is 0 Å². The lowest BCUT2D eigenvalue weighted by Gasteiger charge is -2.07. The predicted molar refractivity (Wildman–Crippen MR) is 49.7 cm³/mol. The highest BCUT2D eigenvalue weighted by Crippen LogP contribution is 2.12. The lowest BCUT2D eigenvalue weighted by Crippen LogP contribution is -2.06. The van der Waals surface area contributed by atoms with Crippen molar-refractivity contribution in [2.75, 3.05) is 0 Å². The first kappa shape index (κ1) is 8.93. The Morgan fingerprint density at radius 1 is 1.43 bits per heavy atom. The third kappa shape index (κ3) is 1.66. The lowest BCUT2D eigenvalue weighted by molar-refractivity contribution is 0.407.